The molecule has 1 saturated carbocycles. The third-order valence-corrected chi connectivity index (χ3v) is 4.21. The zero-order valence-electron chi connectivity index (χ0n) is 10.0. The SMILES string of the molecule is CC1CCC(C2OCCCC2C(=O)O)CC1. The van der Waals surface area contributed by atoms with Crippen molar-refractivity contribution < 1.29 is 14.6 Å². The van der Waals surface area contributed by atoms with Crippen LogP contribution >= 0.6 is 0 Å². The van der Waals surface area contributed by atoms with Gasteiger partial charge in [0.2, 0.25) is 0 Å². The smallest absolute Gasteiger partial charge is 0.309 e. The topological polar surface area (TPSA) is 46.5 Å². The van der Waals surface area contributed by atoms with Crippen molar-refractivity contribution in [1.29, 1.82) is 0 Å². The van der Waals surface area contributed by atoms with E-state index < -0.39 is 5.97 Å². The second-order valence-corrected chi connectivity index (χ2v) is 5.44. The van der Waals surface area contributed by atoms with Gasteiger partial charge in [0.25, 0.3) is 0 Å². The zero-order chi connectivity index (χ0) is 11.5. The lowest BCUT2D eigenvalue weighted by atomic mass is 9.75. The van der Waals surface area contributed by atoms with Gasteiger partial charge >= 0.3 is 5.97 Å². The molecule has 0 bridgehead atoms. The Morgan fingerprint density at radius 3 is 2.50 bits per heavy atom. The first kappa shape index (κ1) is 11.9. The van der Waals surface area contributed by atoms with Gasteiger partial charge in [-0.15, -0.1) is 0 Å². The minimum Gasteiger partial charge on any atom is -0.481 e. The number of carboxylic acids is 1. The maximum absolute atomic E-state index is 11.2. The molecule has 0 aromatic carbocycles. The third-order valence-electron chi connectivity index (χ3n) is 4.21. The number of hydrogen-bond acceptors (Lipinski definition) is 2. The van der Waals surface area contributed by atoms with Gasteiger partial charge in [-0.3, -0.25) is 4.79 Å². The number of ether oxygens (including phenoxy) is 1. The van der Waals surface area contributed by atoms with Crippen LogP contribution in [0.4, 0.5) is 0 Å². The molecular weight excluding hydrogens is 204 g/mol. The molecule has 92 valence electrons. The standard InChI is InChI=1S/C13H22O3/c1-9-4-6-10(7-5-9)12-11(13(14)15)3-2-8-16-12/h9-12H,2-8H2,1H3,(H,14,15). The fourth-order valence-electron chi connectivity index (χ4n) is 3.15. The van der Waals surface area contributed by atoms with E-state index >= 15 is 0 Å². The van der Waals surface area contributed by atoms with Crippen LogP contribution in [0.5, 0.6) is 0 Å². The first-order valence-electron chi connectivity index (χ1n) is 6.53. The van der Waals surface area contributed by atoms with Crippen LogP contribution in [0.2, 0.25) is 0 Å². The molecule has 0 aromatic rings. The van der Waals surface area contributed by atoms with E-state index in [1.54, 1.807) is 0 Å². The summed E-state index contributed by atoms with van der Waals surface area (Å²) in [7, 11) is 0. The van der Waals surface area contributed by atoms with Crippen LogP contribution in [0.25, 0.3) is 0 Å². The van der Waals surface area contributed by atoms with Crippen molar-refractivity contribution in [2.24, 2.45) is 17.8 Å². The van der Waals surface area contributed by atoms with E-state index in [4.69, 9.17) is 4.74 Å². The molecule has 2 atom stereocenters. The van der Waals surface area contributed by atoms with Crippen molar-refractivity contribution in [3.8, 4) is 0 Å². The lowest BCUT2D eigenvalue weighted by molar-refractivity contribution is -0.156. The molecule has 3 nitrogen and oxygen atoms in total. The van der Waals surface area contributed by atoms with Crippen LogP contribution in [-0.4, -0.2) is 23.8 Å². The molecule has 0 amide bonds. The number of carbonyl (C=O) groups is 1. The Kier molecular flexibility index (Phi) is 3.85. The average Bonchev–Trinajstić information content (AvgIpc) is 2.30. The van der Waals surface area contributed by atoms with Gasteiger partial charge in [-0.25, -0.2) is 0 Å². The third kappa shape index (κ3) is 2.57. The average molecular weight is 226 g/mol. The second kappa shape index (κ2) is 5.17. The molecule has 1 heterocycles. The van der Waals surface area contributed by atoms with Gasteiger partial charge in [0, 0.05) is 6.61 Å². The number of hydrogen-bond donors (Lipinski definition) is 1. The minimum absolute atomic E-state index is 0.0150. The molecule has 2 aliphatic rings. The van der Waals surface area contributed by atoms with Crippen molar-refractivity contribution in [1.82, 2.24) is 0 Å². The van der Waals surface area contributed by atoms with Crippen molar-refractivity contribution in [2.45, 2.75) is 51.6 Å². The summed E-state index contributed by atoms with van der Waals surface area (Å²) in [6, 6.07) is 0. The summed E-state index contributed by atoms with van der Waals surface area (Å²) in [5, 5.41) is 9.21. The van der Waals surface area contributed by atoms with Gasteiger partial charge in [-0.05, 0) is 37.5 Å². The van der Waals surface area contributed by atoms with Crippen molar-refractivity contribution in [3.63, 3.8) is 0 Å². The van der Waals surface area contributed by atoms with E-state index in [-0.39, 0.29) is 12.0 Å². The molecule has 2 fully saturated rings. The molecule has 3 heteroatoms. The number of aliphatic carboxylic acids is 1. The lowest BCUT2D eigenvalue weighted by Gasteiger charge is -2.38. The van der Waals surface area contributed by atoms with Gasteiger partial charge in [0.15, 0.2) is 0 Å². The molecule has 2 rings (SSSR count). The monoisotopic (exact) mass is 226 g/mol. The molecule has 0 aromatic heterocycles. The van der Waals surface area contributed by atoms with Gasteiger partial charge < -0.3 is 9.84 Å². The van der Waals surface area contributed by atoms with Gasteiger partial charge in [-0.2, -0.15) is 0 Å². The summed E-state index contributed by atoms with van der Waals surface area (Å²) in [4.78, 5) is 11.2. The van der Waals surface area contributed by atoms with Gasteiger partial charge in [0.05, 0.1) is 12.0 Å². The largest absolute Gasteiger partial charge is 0.481 e. The Labute approximate surface area is 97.2 Å². The van der Waals surface area contributed by atoms with Crippen LogP contribution in [-0.2, 0) is 9.53 Å². The first-order valence-corrected chi connectivity index (χ1v) is 6.53. The molecule has 0 radical (unpaired) electrons. The highest BCUT2D eigenvalue weighted by Gasteiger charge is 2.38. The van der Waals surface area contributed by atoms with E-state index in [1.165, 1.54) is 12.8 Å². The predicted molar refractivity (Wildman–Crippen MR) is 61.2 cm³/mol. The Morgan fingerprint density at radius 2 is 1.88 bits per heavy atom. The Hall–Kier alpha value is -0.570. The van der Waals surface area contributed by atoms with Crippen LogP contribution in [0.3, 0.4) is 0 Å². The maximum Gasteiger partial charge on any atom is 0.309 e. The van der Waals surface area contributed by atoms with E-state index in [9.17, 15) is 9.90 Å². The fourth-order valence-corrected chi connectivity index (χ4v) is 3.15. The van der Waals surface area contributed by atoms with E-state index in [2.05, 4.69) is 6.92 Å². The highest BCUT2D eigenvalue weighted by Crippen LogP contribution is 2.37. The zero-order valence-corrected chi connectivity index (χ0v) is 10.0. The fraction of sp³-hybridized carbons (Fsp3) is 0.923. The summed E-state index contributed by atoms with van der Waals surface area (Å²) < 4.78 is 5.75. The highest BCUT2D eigenvalue weighted by molar-refractivity contribution is 5.70. The number of carboxylic acid groups (broad SMARTS) is 1. The molecule has 2 unspecified atom stereocenters. The summed E-state index contributed by atoms with van der Waals surface area (Å²) in [6.45, 7) is 3.03. The number of rotatable bonds is 2. The summed E-state index contributed by atoms with van der Waals surface area (Å²) >= 11 is 0. The van der Waals surface area contributed by atoms with Crippen LogP contribution in [0.1, 0.15) is 45.4 Å². The highest BCUT2D eigenvalue weighted by atomic mass is 16.5. The summed E-state index contributed by atoms with van der Waals surface area (Å²) in [5.41, 5.74) is 0. The Morgan fingerprint density at radius 1 is 1.19 bits per heavy atom. The van der Waals surface area contributed by atoms with Gasteiger partial charge in [-0.1, -0.05) is 19.8 Å². The van der Waals surface area contributed by atoms with E-state index in [0.29, 0.717) is 5.92 Å². The van der Waals surface area contributed by atoms with Crippen molar-refractivity contribution in [3.05, 3.63) is 0 Å². The Balaban J connectivity index is 1.97. The second-order valence-electron chi connectivity index (χ2n) is 5.44. The predicted octanol–water partition coefficient (Wildman–Crippen LogP) is 2.69. The summed E-state index contributed by atoms with van der Waals surface area (Å²) in [5.74, 6) is 0.371. The van der Waals surface area contributed by atoms with Crippen molar-refractivity contribution >= 4 is 5.97 Å². The van der Waals surface area contributed by atoms with Crippen LogP contribution in [0, 0.1) is 17.8 Å². The molecule has 1 aliphatic heterocycles. The molecule has 16 heavy (non-hydrogen) atoms. The van der Waals surface area contributed by atoms with Crippen LogP contribution < -0.4 is 0 Å². The molecule has 1 aliphatic carbocycles. The quantitative estimate of drug-likeness (QED) is 0.787. The lowest BCUT2D eigenvalue weighted by Crippen LogP contribution is -2.41. The Bertz CT molecular complexity index is 244. The maximum atomic E-state index is 11.2. The molecule has 1 N–H and O–H groups in total. The normalized spacial score (nSPS) is 40.6. The molecule has 1 saturated heterocycles. The summed E-state index contributed by atoms with van der Waals surface area (Å²) in [6.07, 6.45) is 6.44. The molecular formula is C13H22O3. The van der Waals surface area contributed by atoms with E-state index in [1.807, 2.05) is 0 Å². The van der Waals surface area contributed by atoms with Crippen LogP contribution in [0.15, 0.2) is 0 Å². The van der Waals surface area contributed by atoms with E-state index in [0.717, 1.165) is 38.2 Å². The van der Waals surface area contributed by atoms with Gasteiger partial charge in [0.1, 0.15) is 0 Å². The van der Waals surface area contributed by atoms with Crippen molar-refractivity contribution in [2.75, 3.05) is 6.61 Å². The first-order chi connectivity index (χ1) is 7.68. The minimum atomic E-state index is -0.664. The molecule has 0 spiro atoms.